The van der Waals surface area contributed by atoms with Crippen LogP contribution in [0.15, 0.2) is 36.7 Å². The highest BCUT2D eigenvalue weighted by Crippen LogP contribution is 2.32. The van der Waals surface area contributed by atoms with Crippen LogP contribution in [0, 0.1) is 0 Å². The third kappa shape index (κ3) is 3.94. The molecular formula is C17H19N3O4. The lowest BCUT2D eigenvalue weighted by molar-refractivity contribution is 0.102. The summed E-state index contributed by atoms with van der Waals surface area (Å²) in [5.74, 6) is 1.08. The van der Waals surface area contributed by atoms with E-state index in [9.17, 15) is 4.79 Å². The fourth-order valence-electron chi connectivity index (χ4n) is 2.28. The number of hydrogen-bond donors (Lipinski definition) is 2. The summed E-state index contributed by atoms with van der Waals surface area (Å²) in [5.41, 5.74) is 1.87. The average molecular weight is 329 g/mol. The van der Waals surface area contributed by atoms with Crippen molar-refractivity contribution in [1.82, 2.24) is 4.98 Å². The number of amides is 1. The van der Waals surface area contributed by atoms with Gasteiger partial charge in [0.2, 0.25) is 0 Å². The molecule has 1 aromatic heterocycles. The van der Waals surface area contributed by atoms with Crippen molar-refractivity contribution in [1.29, 1.82) is 0 Å². The minimum Gasteiger partial charge on any atom is -0.486 e. The fourth-order valence-corrected chi connectivity index (χ4v) is 2.28. The van der Waals surface area contributed by atoms with Crippen LogP contribution in [0.25, 0.3) is 0 Å². The zero-order chi connectivity index (χ0) is 16.8. The predicted octanol–water partition coefficient (Wildman–Crippen LogP) is 2.16. The molecule has 126 valence electrons. The Bertz CT molecular complexity index is 721. The molecule has 1 aliphatic heterocycles. The van der Waals surface area contributed by atoms with Crippen LogP contribution >= 0.6 is 0 Å². The minimum absolute atomic E-state index is 0.241. The van der Waals surface area contributed by atoms with Gasteiger partial charge in [-0.15, -0.1) is 0 Å². The lowest BCUT2D eigenvalue weighted by Gasteiger charge is -2.19. The second-order valence-corrected chi connectivity index (χ2v) is 5.19. The number of aromatic nitrogens is 1. The monoisotopic (exact) mass is 329 g/mol. The van der Waals surface area contributed by atoms with E-state index in [0.717, 1.165) is 5.69 Å². The van der Waals surface area contributed by atoms with E-state index in [-0.39, 0.29) is 5.91 Å². The molecule has 24 heavy (non-hydrogen) atoms. The Morgan fingerprint density at radius 3 is 2.83 bits per heavy atom. The Morgan fingerprint density at radius 2 is 2.00 bits per heavy atom. The number of nitrogens with one attached hydrogen (secondary N) is 2. The molecule has 1 aromatic carbocycles. The third-order valence-electron chi connectivity index (χ3n) is 3.44. The van der Waals surface area contributed by atoms with E-state index in [1.165, 1.54) is 6.20 Å². The van der Waals surface area contributed by atoms with Gasteiger partial charge in [0.1, 0.15) is 13.2 Å². The number of anilines is 2. The molecule has 0 spiro atoms. The molecule has 1 aliphatic rings. The number of hydrogen-bond acceptors (Lipinski definition) is 6. The van der Waals surface area contributed by atoms with Crippen LogP contribution in [0.1, 0.15) is 10.4 Å². The quantitative estimate of drug-likeness (QED) is 0.791. The first kappa shape index (κ1) is 16.1. The van der Waals surface area contributed by atoms with Crippen LogP contribution < -0.4 is 20.1 Å². The van der Waals surface area contributed by atoms with Gasteiger partial charge in [-0.1, -0.05) is 0 Å². The van der Waals surface area contributed by atoms with Crippen molar-refractivity contribution in [2.75, 3.05) is 44.1 Å². The minimum atomic E-state index is -0.241. The van der Waals surface area contributed by atoms with Crippen LogP contribution in [-0.2, 0) is 4.74 Å². The van der Waals surface area contributed by atoms with Crippen molar-refractivity contribution in [3.05, 3.63) is 42.2 Å². The van der Waals surface area contributed by atoms with Gasteiger partial charge in [-0.3, -0.25) is 9.78 Å². The number of carbonyl (C=O) groups is 1. The first-order valence-electron chi connectivity index (χ1n) is 7.65. The highest BCUT2D eigenvalue weighted by molar-refractivity contribution is 6.04. The van der Waals surface area contributed by atoms with Crippen LogP contribution in [0.2, 0.25) is 0 Å². The van der Waals surface area contributed by atoms with E-state index in [1.54, 1.807) is 37.6 Å². The summed E-state index contributed by atoms with van der Waals surface area (Å²) in [5, 5.41) is 5.98. The van der Waals surface area contributed by atoms with Crippen molar-refractivity contribution in [3.63, 3.8) is 0 Å². The maximum Gasteiger partial charge on any atom is 0.257 e. The van der Waals surface area contributed by atoms with Gasteiger partial charge >= 0.3 is 0 Å². The molecular weight excluding hydrogens is 310 g/mol. The maximum atomic E-state index is 12.4. The molecule has 0 unspecified atom stereocenters. The zero-order valence-corrected chi connectivity index (χ0v) is 13.4. The first-order chi connectivity index (χ1) is 11.8. The summed E-state index contributed by atoms with van der Waals surface area (Å²) in [4.78, 5) is 16.5. The van der Waals surface area contributed by atoms with Gasteiger partial charge in [0.25, 0.3) is 5.91 Å². The molecule has 0 bridgehead atoms. The third-order valence-corrected chi connectivity index (χ3v) is 3.44. The number of nitrogens with zero attached hydrogens (tertiary/aromatic N) is 1. The number of ether oxygens (including phenoxy) is 3. The van der Waals surface area contributed by atoms with E-state index in [0.29, 0.717) is 49.1 Å². The first-order valence-corrected chi connectivity index (χ1v) is 7.65. The Kier molecular flexibility index (Phi) is 5.12. The van der Waals surface area contributed by atoms with Crippen molar-refractivity contribution in [2.24, 2.45) is 0 Å². The van der Waals surface area contributed by atoms with Gasteiger partial charge in [0.05, 0.1) is 17.9 Å². The summed E-state index contributed by atoms with van der Waals surface area (Å²) in [6.45, 7) is 2.26. The highest BCUT2D eigenvalue weighted by atomic mass is 16.6. The molecule has 1 amide bonds. The summed E-state index contributed by atoms with van der Waals surface area (Å²) < 4.78 is 16.0. The molecule has 7 nitrogen and oxygen atoms in total. The number of pyridine rings is 1. The molecule has 0 atom stereocenters. The Balaban J connectivity index is 1.67. The molecule has 0 saturated heterocycles. The molecule has 2 N–H and O–H groups in total. The van der Waals surface area contributed by atoms with Gasteiger partial charge < -0.3 is 24.8 Å². The summed E-state index contributed by atoms with van der Waals surface area (Å²) in [6.07, 6.45) is 3.19. The molecule has 3 rings (SSSR count). The second kappa shape index (κ2) is 7.65. The van der Waals surface area contributed by atoms with Gasteiger partial charge in [-0.25, -0.2) is 0 Å². The van der Waals surface area contributed by atoms with Gasteiger partial charge in [-0.2, -0.15) is 0 Å². The Morgan fingerprint density at radius 1 is 1.17 bits per heavy atom. The van der Waals surface area contributed by atoms with Crippen LogP contribution in [0.3, 0.4) is 0 Å². The smallest absolute Gasteiger partial charge is 0.257 e. The Labute approximate surface area is 139 Å². The van der Waals surface area contributed by atoms with Gasteiger partial charge in [0, 0.05) is 37.8 Å². The van der Waals surface area contributed by atoms with Crippen molar-refractivity contribution in [3.8, 4) is 11.5 Å². The van der Waals surface area contributed by atoms with E-state index < -0.39 is 0 Å². The number of benzene rings is 1. The van der Waals surface area contributed by atoms with E-state index >= 15 is 0 Å². The molecule has 2 heterocycles. The molecule has 2 aromatic rings. The summed E-state index contributed by atoms with van der Waals surface area (Å²) >= 11 is 0. The SMILES string of the molecule is COCCNc1cncc(C(=O)Nc2ccc3c(c2)OCCO3)c1. The molecule has 0 aliphatic carbocycles. The van der Waals surface area contributed by atoms with E-state index in [2.05, 4.69) is 15.6 Å². The molecule has 0 fully saturated rings. The molecule has 0 radical (unpaired) electrons. The van der Waals surface area contributed by atoms with Crippen molar-refractivity contribution in [2.45, 2.75) is 0 Å². The predicted molar refractivity (Wildman–Crippen MR) is 90.0 cm³/mol. The maximum absolute atomic E-state index is 12.4. The average Bonchev–Trinajstić information content (AvgIpc) is 2.62. The summed E-state index contributed by atoms with van der Waals surface area (Å²) in [7, 11) is 1.64. The topological polar surface area (TPSA) is 81.7 Å². The Hall–Kier alpha value is -2.80. The highest BCUT2D eigenvalue weighted by Gasteiger charge is 2.13. The zero-order valence-electron chi connectivity index (χ0n) is 13.4. The molecule has 0 saturated carbocycles. The number of fused-ring (bicyclic) bond motifs is 1. The van der Waals surface area contributed by atoms with E-state index in [4.69, 9.17) is 14.2 Å². The largest absolute Gasteiger partial charge is 0.486 e. The second-order valence-electron chi connectivity index (χ2n) is 5.19. The van der Waals surface area contributed by atoms with Crippen LogP contribution in [0.5, 0.6) is 11.5 Å². The van der Waals surface area contributed by atoms with E-state index in [1.807, 2.05) is 0 Å². The normalized spacial score (nSPS) is 12.5. The number of carbonyl (C=O) groups excluding carboxylic acids is 1. The van der Waals surface area contributed by atoms with Crippen molar-refractivity contribution < 1.29 is 19.0 Å². The van der Waals surface area contributed by atoms with Gasteiger partial charge in [0.15, 0.2) is 11.5 Å². The molecule has 7 heteroatoms. The standard InChI is InChI=1S/C17H19N3O4/c1-22-5-4-19-14-8-12(10-18-11-14)17(21)20-13-2-3-15-16(9-13)24-7-6-23-15/h2-3,8-11,19H,4-7H2,1H3,(H,20,21). The number of rotatable bonds is 6. The summed E-state index contributed by atoms with van der Waals surface area (Å²) in [6, 6.07) is 7.06. The number of methoxy groups -OCH3 is 1. The van der Waals surface area contributed by atoms with Gasteiger partial charge in [-0.05, 0) is 18.2 Å². The lowest BCUT2D eigenvalue weighted by atomic mass is 10.2. The van der Waals surface area contributed by atoms with Crippen LogP contribution in [-0.4, -0.2) is 44.4 Å². The fraction of sp³-hybridized carbons (Fsp3) is 0.294. The van der Waals surface area contributed by atoms with Crippen molar-refractivity contribution >= 4 is 17.3 Å². The van der Waals surface area contributed by atoms with Crippen LogP contribution in [0.4, 0.5) is 11.4 Å². The lowest BCUT2D eigenvalue weighted by Crippen LogP contribution is -2.16.